The van der Waals surface area contributed by atoms with Gasteiger partial charge in [0, 0.05) is 11.9 Å². The van der Waals surface area contributed by atoms with Gasteiger partial charge in [-0.3, -0.25) is 9.69 Å². The molecule has 5 nitrogen and oxygen atoms in total. The maximum atomic E-state index is 11.3. The second-order valence-electron chi connectivity index (χ2n) is 4.00. The van der Waals surface area contributed by atoms with E-state index < -0.39 is 0 Å². The number of hydrogen-bond acceptors (Lipinski definition) is 6. The van der Waals surface area contributed by atoms with Crippen LogP contribution in [0.25, 0.3) is 10.8 Å². The number of methoxy groups -OCH3 is 1. The van der Waals surface area contributed by atoms with Crippen molar-refractivity contribution in [2.75, 3.05) is 20.2 Å². The van der Waals surface area contributed by atoms with Crippen LogP contribution >= 0.6 is 11.3 Å². The van der Waals surface area contributed by atoms with Crippen LogP contribution in [0, 0.1) is 0 Å². The zero-order valence-corrected chi connectivity index (χ0v) is 11.8. The van der Waals surface area contributed by atoms with Crippen LogP contribution in [0.2, 0.25) is 0 Å². The number of carbonyl (C=O) groups excluding carboxylic acids is 1. The van der Waals surface area contributed by atoms with E-state index in [9.17, 15) is 4.79 Å². The molecule has 6 heteroatoms. The van der Waals surface area contributed by atoms with Crippen molar-refractivity contribution >= 4 is 17.3 Å². The summed E-state index contributed by atoms with van der Waals surface area (Å²) in [7, 11) is 1.40. The molecule has 0 aliphatic rings. The minimum atomic E-state index is -0.233. The largest absolute Gasteiger partial charge is 0.468 e. The van der Waals surface area contributed by atoms with E-state index in [2.05, 4.69) is 9.72 Å². The van der Waals surface area contributed by atoms with E-state index in [0.29, 0.717) is 6.54 Å². The summed E-state index contributed by atoms with van der Waals surface area (Å²) in [4.78, 5) is 17.8. The maximum Gasteiger partial charge on any atom is 0.319 e. The third-order valence-electron chi connectivity index (χ3n) is 2.70. The Morgan fingerprint density at radius 1 is 1.58 bits per heavy atom. The topological polar surface area (TPSA) is 55.6 Å². The number of hydrogen-bond donors (Lipinski definition) is 0. The molecule has 0 atom stereocenters. The molecule has 2 aromatic heterocycles. The van der Waals surface area contributed by atoms with Gasteiger partial charge in [0.25, 0.3) is 0 Å². The highest BCUT2D eigenvalue weighted by Gasteiger charge is 2.13. The monoisotopic (exact) mass is 280 g/mol. The fraction of sp³-hybridized carbons (Fsp3) is 0.385. The molecule has 0 N–H and O–H groups in total. The maximum absolute atomic E-state index is 11.3. The first-order valence-corrected chi connectivity index (χ1v) is 6.88. The van der Waals surface area contributed by atoms with Gasteiger partial charge >= 0.3 is 5.97 Å². The molecule has 19 heavy (non-hydrogen) atoms. The number of carbonyl (C=O) groups is 1. The Morgan fingerprint density at radius 3 is 3.05 bits per heavy atom. The van der Waals surface area contributed by atoms with Gasteiger partial charge in [0.1, 0.15) is 0 Å². The van der Waals surface area contributed by atoms with Gasteiger partial charge in [-0.15, -0.1) is 11.3 Å². The van der Waals surface area contributed by atoms with Crippen molar-refractivity contribution in [3.8, 4) is 10.8 Å². The Morgan fingerprint density at radius 2 is 2.42 bits per heavy atom. The zero-order valence-electron chi connectivity index (χ0n) is 11.0. The van der Waals surface area contributed by atoms with E-state index in [1.807, 2.05) is 29.3 Å². The average Bonchev–Trinajstić information content (AvgIpc) is 3.08. The number of likely N-dealkylation sites (N-methyl/N-ethyl adjacent to an activating group) is 1. The number of aromatic nitrogens is 1. The van der Waals surface area contributed by atoms with Crippen LogP contribution in [-0.4, -0.2) is 36.1 Å². The Kier molecular flexibility index (Phi) is 4.70. The smallest absolute Gasteiger partial charge is 0.319 e. The van der Waals surface area contributed by atoms with Crippen LogP contribution in [0.5, 0.6) is 0 Å². The summed E-state index contributed by atoms with van der Waals surface area (Å²) >= 11 is 1.54. The third kappa shape index (κ3) is 3.65. The number of thiazole rings is 1. The molecule has 2 rings (SSSR count). The molecule has 0 saturated heterocycles. The number of ether oxygens (including phenoxy) is 1. The molecule has 0 saturated carbocycles. The molecule has 2 aromatic rings. The van der Waals surface area contributed by atoms with Gasteiger partial charge in [0.15, 0.2) is 10.8 Å². The normalized spacial score (nSPS) is 10.9. The van der Waals surface area contributed by atoms with Gasteiger partial charge in [-0.25, -0.2) is 4.98 Å². The first-order valence-electron chi connectivity index (χ1n) is 6.00. The van der Waals surface area contributed by atoms with E-state index in [1.54, 1.807) is 6.26 Å². The van der Waals surface area contributed by atoms with Crippen molar-refractivity contribution in [3.63, 3.8) is 0 Å². The van der Waals surface area contributed by atoms with Crippen LogP contribution in [0.4, 0.5) is 0 Å². The third-order valence-corrected chi connectivity index (χ3v) is 3.60. The Hall–Kier alpha value is -1.66. The number of nitrogens with zero attached hydrogens (tertiary/aromatic N) is 2. The van der Waals surface area contributed by atoms with Crippen molar-refractivity contribution in [2.45, 2.75) is 13.5 Å². The van der Waals surface area contributed by atoms with Crippen LogP contribution in [-0.2, 0) is 16.1 Å². The zero-order chi connectivity index (χ0) is 13.7. The number of furan rings is 1. The molecule has 0 amide bonds. The minimum Gasteiger partial charge on any atom is -0.468 e. The highest BCUT2D eigenvalue weighted by Crippen LogP contribution is 2.24. The molecule has 2 heterocycles. The lowest BCUT2D eigenvalue weighted by molar-refractivity contribution is -0.142. The highest BCUT2D eigenvalue weighted by atomic mass is 32.1. The summed E-state index contributed by atoms with van der Waals surface area (Å²) < 4.78 is 9.98. The molecule has 102 valence electrons. The van der Waals surface area contributed by atoms with Crippen molar-refractivity contribution in [3.05, 3.63) is 29.5 Å². The summed E-state index contributed by atoms with van der Waals surface area (Å²) in [5.74, 6) is 0.538. The predicted octanol–water partition coefficient (Wildman–Crippen LogP) is 2.40. The quantitative estimate of drug-likeness (QED) is 0.760. The van der Waals surface area contributed by atoms with Crippen LogP contribution < -0.4 is 0 Å². The van der Waals surface area contributed by atoms with Crippen molar-refractivity contribution in [1.82, 2.24) is 9.88 Å². The van der Waals surface area contributed by atoms with E-state index in [0.717, 1.165) is 23.0 Å². The molecule has 0 aromatic carbocycles. The summed E-state index contributed by atoms with van der Waals surface area (Å²) in [5, 5.41) is 2.84. The lowest BCUT2D eigenvalue weighted by Gasteiger charge is -2.17. The van der Waals surface area contributed by atoms with Gasteiger partial charge in [0.2, 0.25) is 0 Å². The summed E-state index contributed by atoms with van der Waals surface area (Å²) in [6.45, 7) is 3.68. The van der Waals surface area contributed by atoms with E-state index in [4.69, 9.17) is 4.42 Å². The molecule has 0 unspecified atom stereocenters. The fourth-order valence-corrected chi connectivity index (χ4v) is 2.43. The first kappa shape index (κ1) is 13.8. The lowest BCUT2D eigenvalue weighted by Crippen LogP contribution is -2.30. The summed E-state index contributed by atoms with van der Waals surface area (Å²) in [6.07, 6.45) is 1.63. The molecule has 0 aliphatic heterocycles. The average molecular weight is 280 g/mol. The Bertz CT molecular complexity index is 522. The fourth-order valence-electron chi connectivity index (χ4n) is 1.65. The highest BCUT2D eigenvalue weighted by molar-refractivity contribution is 7.13. The van der Waals surface area contributed by atoms with Crippen LogP contribution in [0.1, 0.15) is 12.6 Å². The Labute approximate surface area is 115 Å². The standard InChI is InChI=1S/C13H16N2O3S/c1-3-15(8-12(16)17-2)7-10-9-19-13(14-10)11-5-4-6-18-11/h4-6,9H,3,7-8H2,1-2H3. The first-order chi connectivity index (χ1) is 9.22. The van der Waals surface area contributed by atoms with Gasteiger partial charge < -0.3 is 9.15 Å². The van der Waals surface area contributed by atoms with Crippen LogP contribution in [0.15, 0.2) is 28.2 Å². The van der Waals surface area contributed by atoms with Gasteiger partial charge in [-0.1, -0.05) is 6.92 Å². The van der Waals surface area contributed by atoms with Gasteiger partial charge in [-0.2, -0.15) is 0 Å². The second kappa shape index (κ2) is 6.49. The molecule has 0 aliphatic carbocycles. The number of esters is 1. The van der Waals surface area contributed by atoms with E-state index in [-0.39, 0.29) is 12.5 Å². The lowest BCUT2D eigenvalue weighted by atomic mass is 10.4. The predicted molar refractivity (Wildman–Crippen MR) is 72.8 cm³/mol. The van der Waals surface area contributed by atoms with E-state index >= 15 is 0 Å². The molecule has 0 radical (unpaired) electrons. The Balaban J connectivity index is 2.00. The summed E-state index contributed by atoms with van der Waals surface area (Å²) in [5.41, 5.74) is 0.933. The number of rotatable bonds is 6. The SMILES string of the molecule is CCN(CC(=O)OC)Cc1csc(-c2ccco2)n1. The molecular formula is C13H16N2O3S. The van der Waals surface area contributed by atoms with Crippen molar-refractivity contribution in [1.29, 1.82) is 0 Å². The molecule has 0 fully saturated rings. The molecule has 0 spiro atoms. The second-order valence-corrected chi connectivity index (χ2v) is 4.86. The van der Waals surface area contributed by atoms with Crippen molar-refractivity contribution in [2.24, 2.45) is 0 Å². The van der Waals surface area contributed by atoms with Gasteiger partial charge in [-0.05, 0) is 18.7 Å². The van der Waals surface area contributed by atoms with E-state index in [1.165, 1.54) is 18.4 Å². The van der Waals surface area contributed by atoms with Crippen LogP contribution in [0.3, 0.4) is 0 Å². The summed E-state index contributed by atoms with van der Waals surface area (Å²) in [6, 6.07) is 3.72. The minimum absolute atomic E-state index is 0.233. The van der Waals surface area contributed by atoms with Gasteiger partial charge in [0.05, 0.1) is 25.6 Å². The van der Waals surface area contributed by atoms with Crippen molar-refractivity contribution < 1.29 is 13.9 Å². The molecular weight excluding hydrogens is 264 g/mol. The molecule has 0 bridgehead atoms.